The number of nitrogens with zero attached hydrogens (tertiary/aromatic N) is 3. The van der Waals surface area contributed by atoms with Gasteiger partial charge in [-0.15, -0.1) is 0 Å². The Labute approximate surface area is 131 Å². The summed E-state index contributed by atoms with van der Waals surface area (Å²) < 4.78 is 11.6. The highest BCUT2D eigenvalue weighted by Gasteiger charge is 2.17. The van der Waals surface area contributed by atoms with Crippen molar-refractivity contribution in [2.45, 2.75) is 26.3 Å². The zero-order valence-electron chi connectivity index (χ0n) is 13.2. The summed E-state index contributed by atoms with van der Waals surface area (Å²) in [6.45, 7) is 4.56. The SMILES string of the molecule is CCc1nn(C)c(CN(CCOC)CCC(=O)OC)c1Cl. The Balaban J connectivity index is 2.75. The number of carbonyl (C=O) groups excluding carboxylic acids is 1. The van der Waals surface area contributed by atoms with Crippen molar-refractivity contribution in [2.24, 2.45) is 7.05 Å². The molecule has 0 aliphatic heterocycles. The lowest BCUT2D eigenvalue weighted by molar-refractivity contribution is -0.141. The minimum atomic E-state index is -0.220. The average Bonchev–Trinajstić information content (AvgIpc) is 2.76. The third kappa shape index (κ3) is 5.30. The monoisotopic (exact) mass is 317 g/mol. The maximum atomic E-state index is 11.3. The number of methoxy groups -OCH3 is 2. The molecule has 0 N–H and O–H groups in total. The fourth-order valence-electron chi connectivity index (χ4n) is 2.05. The van der Waals surface area contributed by atoms with E-state index in [0.717, 1.165) is 24.4 Å². The van der Waals surface area contributed by atoms with Crippen LogP contribution < -0.4 is 0 Å². The summed E-state index contributed by atoms with van der Waals surface area (Å²) in [5.41, 5.74) is 1.85. The van der Waals surface area contributed by atoms with E-state index >= 15 is 0 Å². The van der Waals surface area contributed by atoms with E-state index in [0.29, 0.717) is 31.1 Å². The zero-order chi connectivity index (χ0) is 15.8. The number of hydrogen-bond donors (Lipinski definition) is 0. The molecule has 21 heavy (non-hydrogen) atoms. The maximum Gasteiger partial charge on any atom is 0.306 e. The Morgan fingerprint density at radius 1 is 1.38 bits per heavy atom. The second-order valence-corrected chi connectivity index (χ2v) is 5.16. The minimum Gasteiger partial charge on any atom is -0.469 e. The van der Waals surface area contributed by atoms with Gasteiger partial charge in [-0.25, -0.2) is 0 Å². The Morgan fingerprint density at radius 2 is 2.10 bits per heavy atom. The summed E-state index contributed by atoms with van der Waals surface area (Å²) in [6.07, 6.45) is 1.14. The first kappa shape index (κ1) is 17.9. The van der Waals surface area contributed by atoms with Crippen LogP contribution in [0, 0.1) is 0 Å². The van der Waals surface area contributed by atoms with E-state index in [1.165, 1.54) is 7.11 Å². The molecule has 1 aromatic heterocycles. The second kappa shape index (κ2) is 9.02. The van der Waals surface area contributed by atoms with Crippen LogP contribution in [0.5, 0.6) is 0 Å². The minimum absolute atomic E-state index is 0.220. The van der Waals surface area contributed by atoms with Crippen molar-refractivity contribution in [2.75, 3.05) is 33.9 Å². The van der Waals surface area contributed by atoms with Gasteiger partial charge in [0.15, 0.2) is 0 Å². The maximum absolute atomic E-state index is 11.3. The van der Waals surface area contributed by atoms with Gasteiger partial charge in [0.1, 0.15) is 0 Å². The molecule has 120 valence electrons. The van der Waals surface area contributed by atoms with Crippen LogP contribution in [0.4, 0.5) is 0 Å². The van der Waals surface area contributed by atoms with Gasteiger partial charge in [0.05, 0.1) is 36.5 Å². The fourth-order valence-corrected chi connectivity index (χ4v) is 2.40. The average molecular weight is 318 g/mol. The molecule has 0 saturated carbocycles. The van der Waals surface area contributed by atoms with Crippen molar-refractivity contribution < 1.29 is 14.3 Å². The molecule has 0 aliphatic carbocycles. The van der Waals surface area contributed by atoms with E-state index in [-0.39, 0.29) is 5.97 Å². The topological polar surface area (TPSA) is 56.6 Å². The smallest absolute Gasteiger partial charge is 0.306 e. The van der Waals surface area contributed by atoms with Crippen LogP contribution >= 0.6 is 11.6 Å². The van der Waals surface area contributed by atoms with Crippen molar-refractivity contribution >= 4 is 17.6 Å². The zero-order valence-corrected chi connectivity index (χ0v) is 13.9. The van der Waals surface area contributed by atoms with Crippen LogP contribution in [-0.4, -0.2) is 54.6 Å². The molecule has 0 unspecified atom stereocenters. The van der Waals surface area contributed by atoms with Crippen LogP contribution in [0.25, 0.3) is 0 Å². The first-order chi connectivity index (χ1) is 10.0. The molecular formula is C14H24ClN3O3. The number of aryl methyl sites for hydroxylation is 2. The molecule has 0 spiro atoms. The highest BCUT2D eigenvalue weighted by molar-refractivity contribution is 6.31. The Hall–Kier alpha value is -1.11. The van der Waals surface area contributed by atoms with Gasteiger partial charge >= 0.3 is 5.97 Å². The third-order valence-electron chi connectivity index (χ3n) is 3.35. The number of esters is 1. The van der Waals surface area contributed by atoms with E-state index in [4.69, 9.17) is 16.3 Å². The third-order valence-corrected chi connectivity index (χ3v) is 3.78. The summed E-state index contributed by atoms with van der Waals surface area (Å²) in [4.78, 5) is 13.4. The van der Waals surface area contributed by atoms with Gasteiger partial charge in [-0.2, -0.15) is 5.10 Å². The van der Waals surface area contributed by atoms with Gasteiger partial charge in [0.2, 0.25) is 0 Å². The summed E-state index contributed by atoms with van der Waals surface area (Å²) >= 11 is 6.36. The number of halogens is 1. The highest BCUT2D eigenvalue weighted by Crippen LogP contribution is 2.22. The van der Waals surface area contributed by atoms with Crippen LogP contribution in [0.3, 0.4) is 0 Å². The normalized spacial score (nSPS) is 11.1. The molecular weight excluding hydrogens is 294 g/mol. The Kier molecular flexibility index (Phi) is 7.71. The molecule has 1 rings (SSSR count). The molecule has 0 bridgehead atoms. The summed E-state index contributed by atoms with van der Waals surface area (Å²) in [7, 11) is 4.94. The fraction of sp³-hybridized carbons (Fsp3) is 0.714. The first-order valence-corrected chi connectivity index (χ1v) is 7.39. The Morgan fingerprint density at radius 3 is 2.62 bits per heavy atom. The van der Waals surface area contributed by atoms with E-state index in [1.54, 1.807) is 11.8 Å². The molecule has 0 saturated heterocycles. The number of carbonyl (C=O) groups is 1. The number of hydrogen-bond acceptors (Lipinski definition) is 5. The number of ether oxygens (including phenoxy) is 2. The molecule has 1 heterocycles. The predicted molar refractivity (Wildman–Crippen MR) is 81.4 cm³/mol. The van der Waals surface area contributed by atoms with E-state index in [1.807, 2.05) is 14.0 Å². The molecule has 1 aromatic rings. The van der Waals surface area contributed by atoms with Crippen LogP contribution in [-0.2, 0) is 34.3 Å². The predicted octanol–water partition coefficient (Wildman–Crippen LogP) is 1.65. The molecule has 0 aliphatic rings. The molecule has 0 atom stereocenters. The lowest BCUT2D eigenvalue weighted by Gasteiger charge is -2.21. The number of rotatable bonds is 9. The Bertz CT molecular complexity index is 463. The van der Waals surface area contributed by atoms with Gasteiger partial charge in [-0.1, -0.05) is 18.5 Å². The summed E-state index contributed by atoms with van der Waals surface area (Å²) in [5.74, 6) is -0.220. The quantitative estimate of drug-likeness (QED) is 0.648. The molecule has 0 amide bonds. The molecule has 0 aromatic carbocycles. The van der Waals surface area contributed by atoms with Crippen LogP contribution in [0.1, 0.15) is 24.7 Å². The van der Waals surface area contributed by atoms with Crippen molar-refractivity contribution in [1.29, 1.82) is 0 Å². The van der Waals surface area contributed by atoms with E-state index in [2.05, 4.69) is 14.7 Å². The van der Waals surface area contributed by atoms with E-state index < -0.39 is 0 Å². The standard InChI is InChI=1S/C14H24ClN3O3/c1-5-11-14(15)12(17(2)16-11)10-18(8-9-20-3)7-6-13(19)21-4/h5-10H2,1-4H3. The summed E-state index contributed by atoms with van der Waals surface area (Å²) in [5, 5.41) is 5.12. The lowest BCUT2D eigenvalue weighted by Crippen LogP contribution is -2.30. The molecule has 6 nitrogen and oxygen atoms in total. The van der Waals surface area contributed by atoms with Crippen molar-refractivity contribution in [3.8, 4) is 0 Å². The van der Waals surface area contributed by atoms with Crippen molar-refractivity contribution in [3.63, 3.8) is 0 Å². The van der Waals surface area contributed by atoms with Gasteiger partial charge in [-0.05, 0) is 6.42 Å². The van der Waals surface area contributed by atoms with Gasteiger partial charge in [-0.3, -0.25) is 14.4 Å². The largest absolute Gasteiger partial charge is 0.469 e. The molecule has 7 heteroatoms. The van der Waals surface area contributed by atoms with Crippen molar-refractivity contribution in [3.05, 3.63) is 16.4 Å². The summed E-state index contributed by atoms with van der Waals surface area (Å²) in [6, 6.07) is 0. The number of aromatic nitrogens is 2. The first-order valence-electron chi connectivity index (χ1n) is 7.01. The van der Waals surface area contributed by atoms with Gasteiger partial charge in [0.25, 0.3) is 0 Å². The van der Waals surface area contributed by atoms with Crippen LogP contribution in [0.15, 0.2) is 0 Å². The highest BCUT2D eigenvalue weighted by atomic mass is 35.5. The molecule has 0 fully saturated rings. The van der Waals surface area contributed by atoms with E-state index in [9.17, 15) is 4.79 Å². The second-order valence-electron chi connectivity index (χ2n) is 4.78. The lowest BCUT2D eigenvalue weighted by atomic mass is 10.2. The van der Waals surface area contributed by atoms with Crippen LogP contribution in [0.2, 0.25) is 5.02 Å². The van der Waals surface area contributed by atoms with Gasteiger partial charge in [0, 0.05) is 33.8 Å². The van der Waals surface area contributed by atoms with Gasteiger partial charge < -0.3 is 9.47 Å². The molecule has 0 radical (unpaired) electrons. The van der Waals surface area contributed by atoms with Crippen molar-refractivity contribution in [1.82, 2.24) is 14.7 Å².